The minimum Gasteiger partial charge on any atom is -0.389 e. The highest BCUT2D eigenvalue weighted by Crippen LogP contribution is 2.39. The number of hydrogen-bond acceptors (Lipinski definition) is 3. The number of hydrogen-bond donors (Lipinski definition) is 2. The van der Waals surface area contributed by atoms with Crippen molar-refractivity contribution in [3.63, 3.8) is 0 Å². The Hall–Kier alpha value is -0.170. The van der Waals surface area contributed by atoms with Crippen LogP contribution in [0.2, 0.25) is 0 Å². The van der Waals surface area contributed by atoms with E-state index in [1.807, 2.05) is 0 Å². The van der Waals surface area contributed by atoms with E-state index in [1.54, 1.807) is 0 Å². The number of rotatable bonds is 4. The van der Waals surface area contributed by atoms with Gasteiger partial charge in [0.15, 0.2) is 0 Å². The van der Waals surface area contributed by atoms with Crippen LogP contribution < -0.4 is 4.72 Å². The van der Waals surface area contributed by atoms with E-state index in [4.69, 9.17) is 0 Å². The van der Waals surface area contributed by atoms with Gasteiger partial charge in [0, 0.05) is 19.6 Å². The van der Waals surface area contributed by atoms with Crippen molar-refractivity contribution in [1.82, 2.24) is 9.03 Å². The zero-order valence-electron chi connectivity index (χ0n) is 13.6. The highest BCUT2D eigenvalue weighted by Gasteiger charge is 2.38. The van der Waals surface area contributed by atoms with Crippen LogP contribution in [-0.4, -0.2) is 43.1 Å². The second-order valence-corrected chi connectivity index (χ2v) is 9.58. The monoisotopic (exact) mass is 318 g/mol. The largest absolute Gasteiger partial charge is 0.389 e. The second kappa shape index (κ2) is 6.14. The Morgan fingerprint density at radius 3 is 2.43 bits per heavy atom. The number of aliphatic hydroxyl groups is 1. The van der Waals surface area contributed by atoms with Gasteiger partial charge < -0.3 is 5.11 Å². The molecule has 124 valence electrons. The molecule has 0 aromatic heterocycles. The summed E-state index contributed by atoms with van der Waals surface area (Å²) in [5, 5.41) is 10.6. The van der Waals surface area contributed by atoms with E-state index < -0.39 is 15.8 Å². The molecule has 2 N–H and O–H groups in total. The summed E-state index contributed by atoms with van der Waals surface area (Å²) in [6.45, 7) is 7.79. The maximum atomic E-state index is 12.3. The standard InChI is InChI=1S/C15H30N2O3S/c1-13-5-4-10-17(11-13)21(19,20)16-12-15(18)8-6-14(2,3)7-9-15/h13,16,18H,4-12H2,1-3H3. The minimum atomic E-state index is -3.46. The Balaban J connectivity index is 1.89. The van der Waals surface area contributed by atoms with Crippen LogP contribution in [0, 0.1) is 11.3 Å². The van der Waals surface area contributed by atoms with Crippen molar-refractivity contribution < 1.29 is 13.5 Å². The molecule has 1 saturated heterocycles. The average molecular weight is 318 g/mol. The fourth-order valence-electron chi connectivity index (χ4n) is 3.25. The lowest BCUT2D eigenvalue weighted by atomic mass is 9.71. The van der Waals surface area contributed by atoms with Crippen LogP contribution in [0.3, 0.4) is 0 Å². The normalized spacial score (nSPS) is 30.2. The lowest BCUT2D eigenvalue weighted by molar-refractivity contribution is -0.0208. The van der Waals surface area contributed by atoms with E-state index in [0.717, 1.165) is 25.7 Å². The van der Waals surface area contributed by atoms with E-state index in [0.29, 0.717) is 31.8 Å². The fourth-order valence-corrected chi connectivity index (χ4v) is 4.70. The second-order valence-electron chi connectivity index (χ2n) is 7.82. The van der Waals surface area contributed by atoms with Crippen molar-refractivity contribution >= 4 is 10.2 Å². The Labute approximate surface area is 129 Å². The van der Waals surface area contributed by atoms with Gasteiger partial charge >= 0.3 is 0 Å². The van der Waals surface area contributed by atoms with Gasteiger partial charge in [0.25, 0.3) is 10.2 Å². The molecule has 1 aliphatic carbocycles. The molecule has 6 heteroatoms. The summed E-state index contributed by atoms with van der Waals surface area (Å²) in [7, 11) is -3.46. The van der Waals surface area contributed by atoms with Crippen LogP contribution in [0.25, 0.3) is 0 Å². The van der Waals surface area contributed by atoms with Gasteiger partial charge in [-0.05, 0) is 49.9 Å². The minimum absolute atomic E-state index is 0.135. The molecule has 1 unspecified atom stereocenters. The molecule has 0 aromatic carbocycles. The first-order valence-corrected chi connectivity index (χ1v) is 9.53. The molecule has 21 heavy (non-hydrogen) atoms. The van der Waals surface area contributed by atoms with Crippen molar-refractivity contribution in [2.75, 3.05) is 19.6 Å². The molecule has 1 atom stereocenters. The van der Waals surface area contributed by atoms with Crippen molar-refractivity contribution in [1.29, 1.82) is 0 Å². The van der Waals surface area contributed by atoms with Crippen LogP contribution >= 0.6 is 0 Å². The van der Waals surface area contributed by atoms with Gasteiger partial charge in [-0.1, -0.05) is 20.8 Å². The van der Waals surface area contributed by atoms with Gasteiger partial charge in [0.05, 0.1) is 5.60 Å². The van der Waals surface area contributed by atoms with E-state index in [1.165, 1.54) is 4.31 Å². The van der Waals surface area contributed by atoms with E-state index in [2.05, 4.69) is 25.5 Å². The van der Waals surface area contributed by atoms with Gasteiger partial charge in [0.1, 0.15) is 0 Å². The quantitative estimate of drug-likeness (QED) is 0.831. The van der Waals surface area contributed by atoms with Crippen LogP contribution in [0.5, 0.6) is 0 Å². The maximum absolute atomic E-state index is 12.3. The maximum Gasteiger partial charge on any atom is 0.279 e. The molecule has 1 heterocycles. The van der Waals surface area contributed by atoms with Gasteiger partial charge in [-0.2, -0.15) is 17.4 Å². The summed E-state index contributed by atoms with van der Waals surface area (Å²) >= 11 is 0. The molecule has 1 saturated carbocycles. The molecule has 2 rings (SSSR count). The highest BCUT2D eigenvalue weighted by molar-refractivity contribution is 7.87. The van der Waals surface area contributed by atoms with Crippen LogP contribution in [0.15, 0.2) is 0 Å². The van der Waals surface area contributed by atoms with Gasteiger partial charge in [-0.25, -0.2) is 0 Å². The predicted molar refractivity (Wildman–Crippen MR) is 84.1 cm³/mol. The Morgan fingerprint density at radius 1 is 1.24 bits per heavy atom. The molecular weight excluding hydrogens is 288 g/mol. The number of piperidine rings is 1. The zero-order chi connectivity index (χ0) is 15.7. The Morgan fingerprint density at radius 2 is 1.86 bits per heavy atom. The van der Waals surface area contributed by atoms with Crippen molar-refractivity contribution in [3.05, 3.63) is 0 Å². The topological polar surface area (TPSA) is 69.6 Å². The zero-order valence-corrected chi connectivity index (χ0v) is 14.4. The molecule has 0 aromatic rings. The van der Waals surface area contributed by atoms with Crippen molar-refractivity contribution in [2.24, 2.45) is 11.3 Å². The third-order valence-corrected chi connectivity index (χ3v) is 6.60. The predicted octanol–water partition coefficient (Wildman–Crippen LogP) is 1.88. The van der Waals surface area contributed by atoms with Crippen molar-refractivity contribution in [2.45, 2.75) is 64.9 Å². The first kappa shape index (κ1) is 17.2. The van der Waals surface area contributed by atoms with Crippen molar-refractivity contribution in [3.8, 4) is 0 Å². The molecule has 2 aliphatic rings. The average Bonchev–Trinajstić information content (AvgIpc) is 2.41. The third-order valence-electron chi connectivity index (χ3n) is 5.08. The van der Waals surface area contributed by atoms with Gasteiger partial charge in [-0.15, -0.1) is 0 Å². The fraction of sp³-hybridized carbons (Fsp3) is 1.00. The number of nitrogens with one attached hydrogen (secondary N) is 1. The van der Waals surface area contributed by atoms with Gasteiger partial charge in [-0.3, -0.25) is 0 Å². The summed E-state index contributed by atoms with van der Waals surface area (Å²) in [5.41, 5.74) is -0.628. The lowest BCUT2D eigenvalue weighted by Crippen LogP contribution is -2.51. The van der Waals surface area contributed by atoms with Gasteiger partial charge in [0.2, 0.25) is 0 Å². The van der Waals surface area contributed by atoms with Crippen LogP contribution in [0.4, 0.5) is 0 Å². The third kappa shape index (κ3) is 4.65. The molecular formula is C15H30N2O3S. The number of nitrogens with zero attached hydrogens (tertiary/aromatic N) is 1. The summed E-state index contributed by atoms with van der Waals surface area (Å²) in [6.07, 6.45) is 5.21. The lowest BCUT2D eigenvalue weighted by Gasteiger charge is -2.40. The molecule has 5 nitrogen and oxygen atoms in total. The van der Waals surface area contributed by atoms with E-state index in [9.17, 15) is 13.5 Å². The first-order chi connectivity index (χ1) is 9.62. The molecule has 0 amide bonds. The van der Waals surface area contributed by atoms with E-state index in [-0.39, 0.29) is 12.0 Å². The summed E-state index contributed by atoms with van der Waals surface area (Å²) in [4.78, 5) is 0. The summed E-state index contributed by atoms with van der Waals surface area (Å²) in [5.74, 6) is 0.411. The molecule has 0 bridgehead atoms. The SMILES string of the molecule is CC1CCCN(S(=O)(=O)NCC2(O)CCC(C)(C)CC2)C1. The first-order valence-electron chi connectivity index (χ1n) is 8.09. The molecule has 0 spiro atoms. The Bertz CT molecular complexity index is 452. The van der Waals surface area contributed by atoms with E-state index >= 15 is 0 Å². The summed E-state index contributed by atoms with van der Waals surface area (Å²) < 4.78 is 28.9. The molecule has 1 aliphatic heterocycles. The summed E-state index contributed by atoms with van der Waals surface area (Å²) in [6, 6.07) is 0. The van der Waals surface area contributed by atoms with Crippen LogP contribution in [0.1, 0.15) is 59.3 Å². The van der Waals surface area contributed by atoms with Crippen LogP contribution in [-0.2, 0) is 10.2 Å². The smallest absolute Gasteiger partial charge is 0.279 e. The molecule has 0 radical (unpaired) electrons. The molecule has 2 fully saturated rings. The Kier molecular flexibility index (Phi) is 5.03. The highest BCUT2D eigenvalue weighted by atomic mass is 32.2.